The highest BCUT2D eigenvalue weighted by Gasteiger charge is 2.44. The number of nitrogens with two attached hydrogens (primary N) is 1. The van der Waals surface area contributed by atoms with Gasteiger partial charge in [-0.3, -0.25) is 10.3 Å². The molecule has 1 heterocycles. The van der Waals surface area contributed by atoms with E-state index in [1.807, 2.05) is 0 Å². The van der Waals surface area contributed by atoms with Crippen molar-refractivity contribution in [2.75, 3.05) is 26.2 Å². The predicted octanol–water partition coefficient (Wildman–Crippen LogP) is 0.813. The van der Waals surface area contributed by atoms with E-state index in [2.05, 4.69) is 11.8 Å². The smallest absolute Gasteiger partial charge is 0.0911 e. The second-order valence-corrected chi connectivity index (χ2v) is 5.12. The number of hydrogen-bond donors (Lipinski definition) is 2. The molecule has 0 spiro atoms. The largest absolute Gasteiger partial charge is 0.388 e. The zero-order valence-corrected chi connectivity index (χ0v) is 9.46. The van der Waals surface area contributed by atoms with Crippen molar-refractivity contribution in [3.05, 3.63) is 0 Å². The standard InChI is InChI=1S/C11H21N3O/c1-9-7-14(4-5-15-9)8-11(2-3-11)6-10(12)13/h9H,2-8H2,1H3,(H3,12,13). The number of morpholine rings is 1. The third kappa shape index (κ3) is 2.92. The maximum atomic E-state index is 7.38. The van der Waals surface area contributed by atoms with Gasteiger partial charge in [-0.2, -0.15) is 0 Å². The van der Waals surface area contributed by atoms with E-state index in [1.165, 1.54) is 12.8 Å². The first kappa shape index (κ1) is 10.9. The van der Waals surface area contributed by atoms with E-state index >= 15 is 0 Å². The maximum absolute atomic E-state index is 7.38. The van der Waals surface area contributed by atoms with E-state index in [9.17, 15) is 0 Å². The molecule has 0 aromatic rings. The average Bonchev–Trinajstić information content (AvgIpc) is 2.83. The van der Waals surface area contributed by atoms with Gasteiger partial charge in [0.15, 0.2) is 0 Å². The third-order valence-corrected chi connectivity index (χ3v) is 3.41. The van der Waals surface area contributed by atoms with E-state index in [4.69, 9.17) is 15.9 Å². The van der Waals surface area contributed by atoms with E-state index in [0.717, 1.165) is 32.7 Å². The van der Waals surface area contributed by atoms with Crippen LogP contribution in [0.4, 0.5) is 0 Å². The summed E-state index contributed by atoms with van der Waals surface area (Å²) in [6.07, 6.45) is 3.60. The highest BCUT2D eigenvalue weighted by Crippen LogP contribution is 2.49. The van der Waals surface area contributed by atoms with Crippen LogP contribution in [0.1, 0.15) is 26.2 Å². The zero-order chi connectivity index (χ0) is 10.9. The highest BCUT2D eigenvalue weighted by molar-refractivity contribution is 5.78. The van der Waals surface area contributed by atoms with Crippen molar-refractivity contribution in [3.8, 4) is 0 Å². The van der Waals surface area contributed by atoms with Gasteiger partial charge in [0.1, 0.15) is 0 Å². The lowest BCUT2D eigenvalue weighted by Gasteiger charge is -2.33. The summed E-state index contributed by atoms with van der Waals surface area (Å²) in [5, 5.41) is 7.38. The molecule has 0 amide bonds. The average molecular weight is 211 g/mol. The van der Waals surface area contributed by atoms with Crippen LogP contribution >= 0.6 is 0 Å². The van der Waals surface area contributed by atoms with Gasteiger partial charge in [0.05, 0.1) is 18.5 Å². The van der Waals surface area contributed by atoms with Crippen LogP contribution in [-0.4, -0.2) is 43.1 Å². The molecule has 0 bridgehead atoms. The Morgan fingerprint density at radius 3 is 2.87 bits per heavy atom. The Hall–Kier alpha value is -0.610. The van der Waals surface area contributed by atoms with Crippen molar-refractivity contribution in [3.63, 3.8) is 0 Å². The molecule has 3 N–H and O–H groups in total. The Kier molecular flexibility index (Phi) is 2.98. The number of hydrogen-bond acceptors (Lipinski definition) is 3. The second-order valence-electron chi connectivity index (χ2n) is 5.12. The first-order chi connectivity index (χ1) is 7.10. The number of ether oxygens (including phenoxy) is 1. The van der Waals surface area contributed by atoms with Crippen molar-refractivity contribution in [2.45, 2.75) is 32.3 Å². The molecule has 1 aliphatic carbocycles. The topological polar surface area (TPSA) is 62.3 Å². The Labute approximate surface area is 91.3 Å². The summed E-state index contributed by atoms with van der Waals surface area (Å²) < 4.78 is 5.52. The minimum Gasteiger partial charge on any atom is -0.388 e. The third-order valence-electron chi connectivity index (χ3n) is 3.41. The molecular weight excluding hydrogens is 190 g/mol. The van der Waals surface area contributed by atoms with Crippen LogP contribution in [0.25, 0.3) is 0 Å². The van der Waals surface area contributed by atoms with Gasteiger partial charge < -0.3 is 10.5 Å². The molecule has 4 heteroatoms. The first-order valence-corrected chi connectivity index (χ1v) is 5.77. The quantitative estimate of drug-likeness (QED) is 0.534. The van der Waals surface area contributed by atoms with Crippen molar-refractivity contribution < 1.29 is 4.74 Å². The van der Waals surface area contributed by atoms with Gasteiger partial charge in [0.25, 0.3) is 0 Å². The molecule has 15 heavy (non-hydrogen) atoms. The van der Waals surface area contributed by atoms with E-state index in [-0.39, 0.29) is 0 Å². The fraction of sp³-hybridized carbons (Fsp3) is 0.909. The van der Waals surface area contributed by atoms with Gasteiger partial charge in [0, 0.05) is 26.1 Å². The van der Waals surface area contributed by atoms with Crippen LogP contribution in [0.2, 0.25) is 0 Å². The summed E-state index contributed by atoms with van der Waals surface area (Å²) in [6, 6.07) is 0. The van der Waals surface area contributed by atoms with Crippen molar-refractivity contribution in [1.82, 2.24) is 4.90 Å². The predicted molar refractivity (Wildman–Crippen MR) is 60.1 cm³/mol. The van der Waals surface area contributed by atoms with E-state index in [1.54, 1.807) is 0 Å². The zero-order valence-electron chi connectivity index (χ0n) is 9.46. The number of nitrogens with zero attached hydrogens (tertiary/aromatic N) is 1. The summed E-state index contributed by atoms with van der Waals surface area (Å²) in [7, 11) is 0. The molecule has 0 aromatic heterocycles. The fourth-order valence-electron chi connectivity index (χ4n) is 2.48. The number of nitrogens with one attached hydrogen (secondary N) is 1. The molecule has 1 aliphatic heterocycles. The molecule has 4 nitrogen and oxygen atoms in total. The molecule has 1 saturated heterocycles. The fourth-order valence-corrected chi connectivity index (χ4v) is 2.48. The minimum atomic E-state index is 0.336. The number of amidine groups is 1. The van der Waals surface area contributed by atoms with Crippen molar-refractivity contribution in [1.29, 1.82) is 5.41 Å². The van der Waals surface area contributed by atoms with Crippen LogP contribution in [0.15, 0.2) is 0 Å². The van der Waals surface area contributed by atoms with Crippen molar-refractivity contribution in [2.24, 2.45) is 11.1 Å². The maximum Gasteiger partial charge on any atom is 0.0911 e. The molecule has 2 rings (SSSR count). The van der Waals surface area contributed by atoms with E-state index in [0.29, 0.717) is 17.4 Å². The lowest BCUT2D eigenvalue weighted by Crippen LogP contribution is -2.44. The molecule has 2 fully saturated rings. The first-order valence-electron chi connectivity index (χ1n) is 5.77. The monoisotopic (exact) mass is 211 g/mol. The molecule has 1 atom stereocenters. The van der Waals surface area contributed by atoms with Crippen LogP contribution in [0.3, 0.4) is 0 Å². The highest BCUT2D eigenvalue weighted by atomic mass is 16.5. The normalized spacial score (nSPS) is 30.1. The Bertz CT molecular complexity index is 250. The van der Waals surface area contributed by atoms with E-state index < -0.39 is 0 Å². The summed E-state index contributed by atoms with van der Waals surface area (Å²) in [4.78, 5) is 2.46. The summed E-state index contributed by atoms with van der Waals surface area (Å²) >= 11 is 0. The SMILES string of the molecule is CC1CN(CC2(CC(=N)N)CC2)CCO1. The summed E-state index contributed by atoms with van der Waals surface area (Å²) in [5.41, 5.74) is 5.83. The summed E-state index contributed by atoms with van der Waals surface area (Å²) in [5.74, 6) is 0.341. The molecule has 0 radical (unpaired) electrons. The van der Waals surface area contributed by atoms with Crippen LogP contribution in [-0.2, 0) is 4.74 Å². The van der Waals surface area contributed by atoms with Gasteiger partial charge >= 0.3 is 0 Å². The summed E-state index contributed by atoms with van der Waals surface area (Å²) in [6.45, 7) is 6.12. The van der Waals surface area contributed by atoms with Crippen molar-refractivity contribution >= 4 is 5.84 Å². The second kappa shape index (κ2) is 4.10. The van der Waals surface area contributed by atoms with Gasteiger partial charge in [-0.05, 0) is 25.2 Å². The lowest BCUT2D eigenvalue weighted by molar-refractivity contribution is -0.0242. The number of rotatable bonds is 4. The lowest BCUT2D eigenvalue weighted by atomic mass is 10.0. The van der Waals surface area contributed by atoms with Gasteiger partial charge in [-0.15, -0.1) is 0 Å². The van der Waals surface area contributed by atoms with Gasteiger partial charge in [0.2, 0.25) is 0 Å². The minimum absolute atomic E-state index is 0.336. The Morgan fingerprint density at radius 2 is 2.33 bits per heavy atom. The molecule has 1 saturated carbocycles. The molecule has 1 unspecified atom stereocenters. The Balaban J connectivity index is 1.83. The molecule has 0 aromatic carbocycles. The van der Waals surface area contributed by atoms with Crippen LogP contribution < -0.4 is 5.73 Å². The van der Waals surface area contributed by atoms with Crippen LogP contribution in [0.5, 0.6) is 0 Å². The van der Waals surface area contributed by atoms with Gasteiger partial charge in [-0.1, -0.05) is 0 Å². The molecule has 2 aliphatic rings. The molecule has 86 valence electrons. The van der Waals surface area contributed by atoms with Crippen LogP contribution in [0, 0.1) is 10.8 Å². The van der Waals surface area contributed by atoms with Gasteiger partial charge in [-0.25, -0.2) is 0 Å². The Morgan fingerprint density at radius 1 is 1.60 bits per heavy atom. The molecular formula is C11H21N3O.